The van der Waals surface area contributed by atoms with Gasteiger partial charge in [-0.2, -0.15) is 11.8 Å². The van der Waals surface area contributed by atoms with Crippen LogP contribution in [0.3, 0.4) is 0 Å². The van der Waals surface area contributed by atoms with Crippen LogP contribution in [0.25, 0.3) is 6.08 Å². The van der Waals surface area contributed by atoms with Crippen molar-refractivity contribution in [1.29, 1.82) is 0 Å². The number of rotatable bonds is 7. The van der Waals surface area contributed by atoms with Gasteiger partial charge in [0.05, 0.1) is 24.0 Å². The van der Waals surface area contributed by atoms with Crippen molar-refractivity contribution < 1.29 is 19.4 Å². The molecule has 2 rings (SSSR count). The van der Waals surface area contributed by atoms with Crippen molar-refractivity contribution in [2.45, 2.75) is 12.5 Å². The zero-order valence-electron chi connectivity index (χ0n) is 13.2. The van der Waals surface area contributed by atoms with Gasteiger partial charge in [0, 0.05) is 5.56 Å². The van der Waals surface area contributed by atoms with E-state index >= 15 is 0 Å². The van der Waals surface area contributed by atoms with Crippen LogP contribution in [-0.4, -0.2) is 46.3 Å². The van der Waals surface area contributed by atoms with Gasteiger partial charge in [0.2, 0.25) is 0 Å². The van der Waals surface area contributed by atoms with Gasteiger partial charge in [-0.1, -0.05) is 42.2 Å². The first-order chi connectivity index (χ1) is 11.5. The smallest absolute Gasteiger partial charge is 0.266 e. The van der Waals surface area contributed by atoms with Crippen LogP contribution in [0.1, 0.15) is 12.0 Å². The minimum atomic E-state index is -1.29. The van der Waals surface area contributed by atoms with Crippen molar-refractivity contribution in [3.05, 3.63) is 34.7 Å². The summed E-state index contributed by atoms with van der Waals surface area (Å²) in [6.07, 6.45) is 3.83. The molecule has 1 aliphatic rings. The Bertz CT molecular complexity index is 690. The molecule has 1 atom stereocenters. The van der Waals surface area contributed by atoms with Crippen molar-refractivity contribution in [1.82, 2.24) is 4.90 Å². The van der Waals surface area contributed by atoms with Crippen LogP contribution >= 0.6 is 35.7 Å². The van der Waals surface area contributed by atoms with Gasteiger partial charge in [0.1, 0.15) is 10.1 Å². The van der Waals surface area contributed by atoms with E-state index < -0.39 is 17.9 Å². The summed E-state index contributed by atoms with van der Waals surface area (Å²) >= 11 is 7.81. The molecule has 1 aliphatic heterocycles. The average molecular weight is 383 g/mol. The summed E-state index contributed by atoms with van der Waals surface area (Å²) in [4.78, 5) is 25.6. The molecule has 1 fully saturated rings. The summed E-state index contributed by atoms with van der Waals surface area (Å²) in [6.45, 7) is 0. The third kappa shape index (κ3) is 4.12. The monoisotopic (exact) mass is 382 g/mol. The van der Waals surface area contributed by atoms with Crippen LogP contribution in [0.5, 0.6) is 5.75 Å². The van der Waals surface area contributed by atoms with Gasteiger partial charge in [0.25, 0.3) is 5.91 Å². The highest BCUT2D eigenvalue weighted by molar-refractivity contribution is 8.26. The predicted octanol–water partition coefficient (Wildman–Crippen LogP) is 1.77. The van der Waals surface area contributed by atoms with Crippen LogP contribution < -0.4 is 9.84 Å². The maximum atomic E-state index is 12.6. The number of aliphatic carboxylic acids is 1. The van der Waals surface area contributed by atoms with Gasteiger partial charge in [-0.05, 0) is 30.6 Å². The second kappa shape index (κ2) is 8.55. The fourth-order valence-corrected chi connectivity index (χ4v) is 4.06. The lowest BCUT2D eigenvalue weighted by atomic mass is 10.1. The third-order valence-electron chi connectivity index (χ3n) is 3.43. The van der Waals surface area contributed by atoms with E-state index in [-0.39, 0.29) is 10.7 Å². The van der Waals surface area contributed by atoms with Gasteiger partial charge >= 0.3 is 0 Å². The molecule has 1 aromatic carbocycles. The van der Waals surface area contributed by atoms with Crippen molar-refractivity contribution in [3.8, 4) is 5.75 Å². The van der Waals surface area contributed by atoms with Crippen LogP contribution in [-0.2, 0) is 9.59 Å². The van der Waals surface area contributed by atoms with E-state index in [1.807, 2.05) is 24.5 Å². The molecule has 24 heavy (non-hydrogen) atoms. The summed E-state index contributed by atoms with van der Waals surface area (Å²) < 4.78 is 5.50. The molecule has 1 saturated heterocycles. The topological polar surface area (TPSA) is 69.7 Å². The number of carbonyl (C=O) groups is 2. The minimum Gasteiger partial charge on any atom is -0.548 e. The molecule has 0 unspecified atom stereocenters. The molecule has 1 aromatic rings. The Balaban J connectivity index is 2.30. The number of benzene rings is 1. The molecule has 0 N–H and O–H groups in total. The summed E-state index contributed by atoms with van der Waals surface area (Å²) in [5.41, 5.74) is 0.731. The molecule has 0 aliphatic carbocycles. The largest absolute Gasteiger partial charge is 0.548 e. The van der Waals surface area contributed by atoms with E-state index in [0.717, 1.165) is 22.2 Å². The number of carboxylic acids is 1. The lowest BCUT2D eigenvalue weighted by Gasteiger charge is -2.27. The second-order valence-electron chi connectivity index (χ2n) is 4.91. The van der Waals surface area contributed by atoms with Gasteiger partial charge < -0.3 is 14.6 Å². The number of carboxylic acid groups (broad SMARTS) is 1. The summed E-state index contributed by atoms with van der Waals surface area (Å²) in [7, 11) is 1.55. The Morgan fingerprint density at radius 1 is 1.50 bits per heavy atom. The Kier molecular flexibility index (Phi) is 6.70. The molecular weight excluding hydrogens is 366 g/mol. The van der Waals surface area contributed by atoms with Gasteiger partial charge in [-0.25, -0.2) is 0 Å². The number of methoxy groups -OCH3 is 1. The Labute approximate surface area is 154 Å². The third-order valence-corrected chi connectivity index (χ3v) is 5.40. The molecule has 1 heterocycles. The first kappa shape index (κ1) is 18.8. The summed E-state index contributed by atoms with van der Waals surface area (Å²) in [5, 5.41) is 11.4. The molecule has 0 bridgehead atoms. The molecule has 8 heteroatoms. The lowest BCUT2D eigenvalue weighted by Crippen LogP contribution is -2.50. The van der Waals surface area contributed by atoms with E-state index in [4.69, 9.17) is 17.0 Å². The van der Waals surface area contributed by atoms with E-state index in [1.165, 1.54) is 11.8 Å². The Morgan fingerprint density at radius 2 is 2.21 bits per heavy atom. The number of hydrogen-bond acceptors (Lipinski definition) is 7. The van der Waals surface area contributed by atoms with Gasteiger partial charge in [-0.3, -0.25) is 9.69 Å². The molecule has 128 valence electrons. The average Bonchev–Trinajstić information content (AvgIpc) is 2.83. The number of hydrogen-bond donors (Lipinski definition) is 0. The summed E-state index contributed by atoms with van der Waals surface area (Å²) in [6, 6.07) is 6.21. The fourth-order valence-electron chi connectivity index (χ4n) is 2.26. The zero-order chi connectivity index (χ0) is 17.7. The molecular formula is C16H16NO4S3-. The summed E-state index contributed by atoms with van der Waals surface area (Å²) in [5.74, 6) is -0.479. The molecule has 0 saturated carbocycles. The quantitative estimate of drug-likeness (QED) is 0.526. The highest BCUT2D eigenvalue weighted by atomic mass is 32.2. The standard InChI is InChI=1S/C16H17NO4S3/c1-21-12-6-4-3-5-10(12)9-13-14(18)17(16(22)24-13)11(15(19)20)7-8-23-2/h3-6,9,11H,7-8H2,1-2H3,(H,19,20)/p-1/b13-9+/t11-/m1/s1. The van der Waals surface area contributed by atoms with Crippen molar-refractivity contribution >= 4 is 58.0 Å². The maximum absolute atomic E-state index is 12.6. The second-order valence-corrected chi connectivity index (χ2v) is 7.57. The maximum Gasteiger partial charge on any atom is 0.266 e. The van der Waals surface area contributed by atoms with Crippen LogP contribution in [0.4, 0.5) is 0 Å². The SMILES string of the molecule is COc1ccccc1/C=C1/SC(=S)N([C@H](CCSC)C(=O)[O-])C1=O. The molecule has 0 spiro atoms. The van der Waals surface area contributed by atoms with Crippen molar-refractivity contribution in [2.24, 2.45) is 0 Å². The molecule has 0 aromatic heterocycles. The van der Waals surface area contributed by atoms with E-state index in [2.05, 4.69) is 0 Å². The van der Waals surface area contributed by atoms with E-state index in [9.17, 15) is 14.7 Å². The number of para-hydroxylation sites is 1. The lowest BCUT2D eigenvalue weighted by molar-refractivity contribution is -0.310. The molecule has 1 amide bonds. The fraction of sp³-hybridized carbons (Fsp3) is 0.312. The van der Waals surface area contributed by atoms with Crippen LogP contribution in [0.15, 0.2) is 29.2 Å². The van der Waals surface area contributed by atoms with Crippen molar-refractivity contribution in [2.75, 3.05) is 19.1 Å². The minimum absolute atomic E-state index is 0.233. The normalized spacial score (nSPS) is 17.4. The number of thiocarbonyl (C=S) groups is 1. The first-order valence-electron chi connectivity index (χ1n) is 7.09. The molecule has 5 nitrogen and oxygen atoms in total. The van der Waals surface area contributed by atoms with Crippen molar-refractivity contribution in [3.63, 3.8) is 0 Å². The number of nitrogens with zero attached hydrogens (tertiary/aromatic N) is 1. The molecule has 0 radical (unpaired) electrons. The first-order valence-corrected chi connectivity index (χ1v) is 9.71. The highest BCUT2D eigenvalue weighted by Crippen LogP contribution is 2.36. The highest BCUT2D eigenvalue weighted by Gasteiger charge is 2.37. The van der Waals surface area contributed by atoms with Crippen LogP contribution in [0.2, 0.25) is 0 Å². The van der Waals surface area contributed by atoms with Gasteiger partial charge in [0.15, 0.2) is 0 Å². The Hall–Kier alpha value is -1.51. The van der Waals surface area contributed by atoms with Crippen LogP contribution in [0, 0.1) is 0 Å². The van der Waals surface area contributed by atoms with Gasteiger partial charge in [-0.15, -0.1) is 0 Å². The number of thioether (sulfide) groups is 2. The Morgan fingerprint density at radius 3 is 2.83 bits per heavy atom. The van der Waals surface area contributed by atoms with E-state index in [0.29, 0.717) is 16.4 Å². The number of ether oxygens (including phenoxy) is 1. The van der Waals surface area contributed by atoms with E-state index in [1.54, 1.807) is 19.3 Å². The number of carbonyl (C=O) groups excluding carboxylic acids is 2. The predicted molar refractivity (Wildman–Crippen MR) is 99.8 cm³/mol. The number of amides is 1. The zero-order valence-corrected chi connectivity index (χ0v) is 15.6.